The number of carbonyl (C=O) groups excluding carboxylic acids is 2. The molecule has 0 radical (unpaired) electrons. The molecule has 0 bridgehead atoms. The van der Waals surface area contributed by atoms with E-state index in [1.807, 2.05) is 9.80 Å². The highest BCUT2D eigenvalue weighted by Gasteiger charge is 2.37. The smallest absolute Gasteiger partial charge is 0.249 e. The van der Waals surface area contributed by atoms with E-state index in [1.54, 1.807) is 6.92 Å². The van der Waals surface area contributed by atoms with Gasteiger partial charge < -0.3 is 14.3 Å². The van der Waals surface area contributed by atoms with Gasteiger partial charge >= 0.3 is 0 Å². The third kappa shape index (κ3) is 5.02. The number of amides is 2. The van der Waals surface area contributed by atoms with Crippen molar-refractivity contribution in [2.45, 2.75) is 70.8 Å². The standard InChI is InChI=1S/C22H35N5O3/c1-17-23-21(30-24-17)19-10-13-26(20(28)16-25-11-6-2-3-7-12-25)14-15-27(19)22(29)18-8-4-5-9-18/h18-19H,2-16H2,1H3. The Morgan fingerprint density at radius 3 is 2.33 bits per heavy atom. The summed E-state index contributed by atoms with van der Waals surface area (Å²) in [5.41, 5.74) is 0. The maximum Gasteiger partial charge on any atom is 0.249 e. The molecule has 2 saturated heterocycles. The van der Waals surface area contributed by atoms with Crippen LogP contribution in [0, 0.1) is 12.8 Å². The fraction of sp³-hybridized carbons (Fsp3) is 0.818. The third-order valence-corrected chi connectivity index (χ3v) is 6.89. The number of rotatable bonds is 4. The van der Waals surface area contributed by atoms with E-state index in [-0.39, 0.29) is 23.8 Å². The predicted molar refractivity (Wildman–Crippen MR) is 112 cm³/mol. The molecule has 1 saturated carbocycles. The van der Waals surface area contributed by atoms with Crippen LogP contribution >= 0.6 is 0 Å². The molecule has 0 aromatic carbocycles. The van der Waals surface area contributed by atoms with Crippen LogP contribution in [0.3, 0.4) is 0 Å². The van der Waals surface area contributed by atoms with Gasteiger partial charge in [-0.05, 0) is 52.1 Å². The first kappa shape index (κ1) is 21.3. The topological polar surface area (TPSA) is 82.8 Å². The summed E-state index contributed by atoms with van der Waals surface area (Å²) in [7, 11) is 0. The highest BCUT2D eigenvalue weighted by Crippen LogP contribution is 2.32. The van der Waals surface area contributed by atoms with Gasteiger partial charge in [-0.2, -0.15) is 4.98 Å². The number of carbonyl (C=O) groups is 2. The number of nitrogens with zero attached hydrogens (tertiary/aromatic N) is 5. The minimum Gasteiger partial charge on any atom is -0.340 e. The van der Waals surface area contributed by atoms with E-state index in [1.165, 1.54) is 25.7 Å². The van der Waals surface area contributed by atoms with Gasteiger partial charge in [0.2, 0.25) is 17.7 Å². The second kappa shape index (κ2) is 9.90. The molecule has 3 aliphatic rings. The largest absolute Gasteiger partial charge is 0.340 e. The van der Waals surface area contributed by atoms with Gasteiger partial charge in [-0.3, -0.25) is 14.5 Å². The number of aryl methyl sites for hydroxylation is 1. The number of aromatic nitrogens is 2. The van der Waals surface area contributed by atoms with E-state index in [0.717, 1.165) is 38.8 Å². The first-order valence-electron chi connectivity index (χ1n) is 11.7. The lowest BCUT2D eigenvalue weighted by atomic mass is 10.0. The molecule has 1 aromatic heterocycles. The SMILES string of the molecule is Cc1noc(C2CCN(C(=O)CN3CCCCCC3)CCN2C(=O)C2CCCC2)n1. The quantitative estimate of drug-likeness (QED) is 0.749. The van der Waals surface area contributed by atoms with Crippen molar-refractivity contribution in [2.75, 3.05) is 39.3 Å². The van der Waals surface area contributed by atoms with Gasteiger partial charge in [-0.1, -0.05) is 30.8 Å². The van der Waals surface area contributed by atoms with Crippen LogP contribution < -0.4 is 0 Å². The number of likely N-dealkylation sites (tertiary alicyclic amines) is 1. The van der Waals surface area contributed by atoms with E-state index < -0.39 is 0 Å². The van der Waals surface area contributed by atoms with Crippen LogP contribution in [0.25, 0.3) is 0 Å². The fourth-order valence-electron chi connectivity index (χ4n) is 5.14. The highest BCUT2D eigenvalue weighted by molar-refractivity contribution is 5.80. The minimum atomic E-state index is -0.240. The molecule has 0 N–H and O–H groups in total. The Labute approximate surface area is 179 Å². The molecule has 8 nitrogen and oxygen atoms in total. The summed E-state index contributed by atoms with van der Waals surface area (Å²) >= 11 is 0. The molecular weight excluding hydrogens is 382 g/mol. The van der Waals surface area contributed by atoms with Crippen LogP contribution in [0.1, 0.15) is 75.5 Å². The van der Waals surface area contributed by atoms with Crippen molar-refractivity contribution < 1.29 is 14.1 Å². The van der Waals surface area contributed by atoms with E-state index in [0.29, 0.717) is 44.3 Å². The van der Waals surface area contributed by atoms with E-state index >= 15 is 0 Å². The monoisotopic (exact) mass is 417 g/mol. The van der Waals surface area contributed by atoms with Crippen LogP contribution in [0.15, 0.2) is 4.52 Å². The Morgan fingerprint density at radius 2 is 1.67 bits per heavy atom. The van der Waals surface area contributed by atoms with E-state index in [4.69, 9.17) is 4.52 Å². The van der Waals surface area contributed by atoms with Crippen molar-refractivity contribution in [3.8, 4) is 0 Å². The fourth-order valence-corrected chi connectivity index (χ4v) is 5.14. The predicted octanol–water partition coefficient (Wildman–Crippen LogP) is 2.55. The summed E-state index contributed by atoms with van der Waals surface area (Å²) in [6, 6.07) is -0.240. The molecular formula is C22H35N5O3. The van der Waals surface area contributed by atoms with Gasteiger partial charge in [0.05, 0.1) is 6.54 Å². The molecule has 1 aliphatic carbocycles. The zero-order chi connectivity index (χ0) is 20.9. The molecule has 4 rings (SSSR count). The van der Waals surface area contributed by atoms with Gasteiger partial charge in [0.15, 0.2) is 5.82 Å². The Kier molecular flexibility index (Phi) is 7.02. The molecule has 3 heterocycles. The van der Waals surface area contributed by atoms with E-state index in [2.05, 4.69) is 15.0 Å². The number of hydrogen-bond donors (Lipinski definition) is 0. The molecule has 8 heteroatoms. The van der Waals surface area contributed by atoms with Crippen molar-refractivity contribution in [1.82, 2.24) is 24.8 Å². The molecule has 1 unspecified atom stereocenters. The summed E-state index contributed by atoms with van der Waals surface area (Å²) in [5.74, 6) is 1.54. The lowest BCUT2D eigenvalue weighted by Crippen LogP contribution is -2.43. The van der Waals surface area contributed by atoms with E-state index in [9.17, 15) is 9.59 Å². The molecule has 2 aliphatic heterocycles. The second-order valence-electron chi connectivity index (χ2n) is 9.07. The molecule has 1 atom stereocenters. The van der Waals surface area contributed by atoms with Gasteiger partial charge in [0.25, 0.3) is 0 Å². The summed E-state index contributed by atoms with van der Waals surface area (Å²) in [5, 5.41) is 3.94. The molecule has 3 fully saturated rings. The normalized spacial score (nSPS) is 24.6. The van der Waals surface area contributed by atoms with Gasteiger partial charge in [0.1, 0.15) is 6.04 Å². The average molecular weight is 418 g/mol. The van der Waals surface area contributed by atoms with Crippen LogP contribution in [-0.2, 0) is 9.59 Å². The van der Waals surface area contributed by atoms with Crippen LogP contribution in [0.5, 0.6) is 0 Å². The Hall–Kier alpha value is -1.96. The molecule has 0 spiro atoms. The third-order valence-electron chi connectivity index (χ3n) is 6.89. The van der Waals surface area contributed by atoms with Gasteiger partial charge in [0, 0.05) is 25.6 Å². The van der Waals surface area contributed by atoms with Gasteiger partial charge in [-0.15, -0.1) is 0 Å². The van der Waals surface area contributed by atoms with Crippen molar-refractivity contribution in [2.24, 2.45) is 5.92 Å². The van der Waals surface area contributed by atoms with Crippen LogP contribution in [-0.4, -0.2) is 75.9 Å². The average Bonchev–Trinajstić information content (AvgIpc) is 3.29. The maximum atomic E-state index is 13.3. The summed E-state index contributed by atoms with van der Waals surface area (Å²) in [6.07, 6.45) is 9.68. The zero-order valence-electron chi connectivity index (χ0n) is 18.2. The molecule has 30 heavy (non-hydrogen) atoms. The Bertz CT molecular complexity index is 722. The highest BCUT2D eigenvalue weighted by atomic mass is 16.5. The number of hydrogen-bond acceptors (Lipinski definition) is 6. The summed E-state index contributed by atoms with van der Waals surface area (Å²) in [6.45, 7) is 6.03. The summed E-state index contributed by atoms with van der Waals surface area (Å²) in [4.78, 5) is 36.9. The molecule has 1 aromatic rings. The lowest BCUT2D eigenvalue weighted by molar-refractivity contribution is -0.139. The van der Waals surface area contributed by atoms with Crippen molar-refractivity contribution in [3.05, 3.63) is 11.7 Å². The van der Waals surface area contributed by atoms with Crippen molar-refractivity contribution in [3.63, 3.8) is 0 Å². The molecule has 2 amide bonds. The Morgan fingerprint density at radius 1 is 0.933 bits per heavy atom. The van der Waals surface area contributed by atoms with Crippen LogP contribution in [0.2, 0.25) is 0 Å². The zero-order valence-corrected chi connectivity index (χ0v) is 18.2. The van der Waals surface area contributed by atoms with Gasteiger partial charge in [-0.25, -0.2) is 0 Å². The maximum absolute atomic E-state index is 13.3. The van der Waals surface area contributed by atoms with Crippen LogP contribution in [0.4, 0.5) is 0 Å². The first-order chi connectivity index (χ1) is 14.6. The van der Waals surface area contributed by atoms with Crippen molar-refractivity contribution in [1.29, 1.82) is 0 Å². The second-order valence-corrected chi connectivity index (χ2v) is 9.07. The molecule has 166 valence electrons. The minimum absolute atomic E-state index is 0.0934. The summed E-state index contributed by atoms with van der Waals surface area (Å²) < 4.78 is 5.47. The lowest BCUT2D eigenvalue weighted by Gasteiger charge is -2.29. The van der Waals surface area contributed by atoms with Crippen molar-refractivity contribution >= 4 is 11.8 Å². The Balaban J connectivity index is 1.45. The first-order valence-corrected chi connectivity index (χ1v) is 11.7.